The highest BCUT2D eigenvalue weighted by molar-refractivity contribution is 7.89. The lowest BCUT2D eigenvalue weighted by atomic mass is 10.2. The van der Waals surface area contributed by atoms with Crippen molar-refractivity contribution in [3.05, 3.63) is 24.3 Å². The van der Waals surface area contributed by atoms with Crippen molar-refractivity contribution in [2.45, 2.75) is 57.0 Å². The maximum Gasteiger partial charge on any atom is 0.257 e. The van der Waals surface area contributed by atoms with Crippen LogP contribution in [0.4, 0.5) is 0 Å². The van der Waals surface area contributed by atoms with Crippen LogP contribution in [-0.4, -0.2) is 57.6 Å². The predicted octanol–water partition coefficient (Wildman–Crippen LogP) is 2.56. The molecular formula is C20H32N2O5S. The number of carbonyl (C=O) groups is 1. The van der Waals surface area contributed by atoms with Gasteiger partial charge in [-0.25, -0.2) is 8.42 Å². The molecule has 2 rings (SSSR count). The second-order valence-electron chi connectivity index (χ2n) is 7.20. The maximum absolute atomic E-state index is 12.7. The summed E-state index contributed by atoms with van der Waals surface area (Å²) in [5, 5.41) is 2.76. The Balaban J connectivity index is 1.78. The van der Waals surface area contributed by atoms with Gasteiger partial charge in [-0.1, -0.05) is 12.8 Å². The van der Waals surface area contributed by atoms with Crippen molar-refractivity contribution in [1.82, 2.24) is 9.62 Å². The summed E-state index contributed by atoms with van der Waals surface area (Å²) >= 11 is 0. The van der Waals surface area contributed by atoms with Crippen LogP contribution < -0.4 is 10.1 Å². The van der Waals surface area contributed by atoms with Crippen molar-refractivity contribution < 1.29 is 22.7 Å². The number of sulfonamides is 1. The van der Waals surface area contributed by atoms with E-state index in [9.17, 15) is 13.2 Å². The zero-order chi connectivity index (χ0) is 20.4. The minimum absolute atomic E-state index is 0.108. The molecular weight excluding hydrogens is 380 g/mol. The lowest BCUT2D eigenvalue weighted by Crippen LogP contribution is -2.32. The van der Waals surface area contributed by atoms with Crippen molar-refractivity contribution in [3.63, 3.8) is 0 Å². The molecule has 0 radical (unpaired) electrons. The molecule has 0 atom stereocenters. The van der Waals surface area contributed by atoms with Crippen LogP contribution in [0, 0.1) is 0 Å². The molecule has 0 saturated carbocycles. The van der Waals surface area contributed by atoms with Gasteiger partial charge in [-0.15, -0.1) is 0 Å². The van der Waals surface area contributed by atoms with Gasteiger partial charge in [0.1, 0.15) is 5.75 Å². The van der Waals surface area contributed by atoms with Crippen LogP contribution in [0.25, 0.3) is 0 Å². The van der Waals surface area contributed by atoms with Gasteiger partial charge in [-0.05, 0) is 57.4 Å². The van der Waals surface area contributed by atoms with Gasteiger partial charge >= 0.3 is 0 Å². The predicted molar refractivity (Wildman–Crippen MR) is 108 cm³/mol. The molecule has 158 valence electrons. The second-order valence-corrected chi connectivity index (χ2v) is 9.14. The summed E-state index contributed by atoms with van der Waals surface area (Å²) in [4.78, 5) is 12.1. The zero-order valence-electron chi connectivity index (χ0n) is 16.9. The van der Waals surface area contributed by atoms with E-state index in [4.69, 9.17) is 9.47 Å². The molecule has 0 spiro atoms. The lowest BCUT2D eigenvalue weighted by Gasteiger charge is -2.20. The van der Waals surface area contributed by atoms with Gasteiger partial charge in [-0.2, -0.15) is 4.31 Å². The van der Waals surface area contributed by atoms with E-state index in [0.29, 0.717) is 32.0 Å². The van der Waals surface area contributed by atoms with E-state index in [2.05, 4.69) is 5.32 Å². The summed E-state index contributed by atoms with van der Waals surface area (Å²) in [7, 11) is -3.47. The van der Waals surface area contributed by atoms with Crippen molar-refractivity contribution in [3.8, 4) is 5.75 Å². The van der Waals surface area contributed by atoms with Gasteiger partial charge in [0.25, 0.3) is 5.91 Å². The van der Waals surface area contributed by atoms with Gasteiger partial charge in [0.15, 0.2) is 6.61 Å². The lowest BCUT2D eigenvalue weighted by molar-refractivity contribution is -0.123. The van der Waals surface area contributed by atoms with Gasteiger partial charge in [-0.3, -0.25) is 4.79 Å². The molecule has 1 saturated heterocycles. The number of carbonyl (C=O) groups excluding carboxylic acids is 1. The number of rotatable bonds is 10. The van der Waals surface area contributed by atoms with Crippen LogP contribution in [0.3, 0.4) is 0 Å². The Morgan fingerprint density at radius 1 is 1.11 bits per heavy atom. The summed E-state index contributed by atoms with van der Waals surface area (Å²) in [6, 6.07) is 6.26. The van der Waals surface area contributed by atoms with E-state index in [1.54, 1.807) is 16.4 Å². The van der Waals surface area contributed by atoms with E-state index in [1.807, 2.05) is 13.8 Å². The Morgan fingerprint density at radius 2 is 1.75 bits per heavy atom. The highest BCUT2D eigenvalue weighted by Gasteiger charge is 2.24. The quantitative estimate of drug-likeness (QED) is 0.597. The number of nitrogens with zero attached hydrogens (tertiary/aromatic N) is 1. The van der Waals surface area contributed by atoms with E-state index in [0.717, 1.165) is 32.1 Å². The summed E-state index contributed by atoms with van der Waals surface area (Å²) in [6.07, 6.45) is 4.88. The zero-order valence-corrected chi connectivity index (χ0v) is 17.7. The number of benzene rings is 1. The minimum Gasteiger partial charge on any atom is -0.484 e. The van der Waals surface area contributed by atoms with Crippen molar-refractivity contribution in [2.24, 2.45) is 0 Å². The third-order valence-electron chi connectivity index (χ3n) is 4.49. The second kappa shape index (κ2) is 11.4. The van der Waals surface area contributed by atoms with Gasteiger partial charge < -0.3 is 14.8 Å². The normalized spacial score (nSPS) is 16.0. The first-order valence-corrected chi connectivity index (χ1v) is 11.4. The summed E-state index contributed by atoms with van der Waals surface area (Å²) < 4.78 is 37.9. The standard InChI is InChI=1S/C20H32N2O5S/c1-17(2)26-15-7-12-21-20(23)16-27-18-8-10-19(11-9-18)28(24,25)22-13-5-3-4-6-14-22/h8-11,17H,3-7,12-16H2,1-2H3,(H,21,23). The Hall–Kier alpha value is -1.64. The molecule has 0 bridgehead atoms. The van der Waals surface area contributed by atoms with Crippen molar-refractivity contribution in [1.29, 1.82) is 0 Å². The van der Waals surface area contributed by atoms with Crippen molar-refractivity contribution >= 4 is 15.9 Å². The van der Waals surface area contributed by atoms with Gasteiger partial charge in [0, 0.05) is 26.2 Å². The van der Waals surface area contributed by atoms with Crippen LogP contribution in [0.5, 0.6) is 5.75 Å². The van der Waals surface area contributed by atoms with Gasteiger partial charge in [0.05, 0.1) is 11.0 Å². The monoisotopic (exact) mass is 412 g/mol. The van der Waals surface area contributed by atoms with E-state index >= 15 is 0 Å². The molecule has 0 aliphatic carbocycles. The van der Waals surface area contributed by atoms with Crippen LogP contribution in [0.15, 0.2) is 29.2 Å². The fraction of sp³-hybridized carbons (Fsp3) is 0.650. The average molecular weight is 413 g/mol. The van der Waals surface area contributed by atoms with Crippen LogP contribution in [-0.2, 0) is 19.6 Å². The topological polar surface area (TPSA) is 84.9 Å². The average Bonchev–Trinajstić information content (AvgIpc) is 2.96. The first kappa shape index (κ1) is 22.6. The van der Waals surface area contributed by atoms with E-state index < -0.39 is 10.0 Å². The van der Waals surface area contributed by atoms with E-state index in [-0.39, 0.29) is 23.5 Å². The molecule has 28 heavy (non-hydrogen) atoms. The fourth-order valence-corrected chi connectivity index (χ4v) is 4.47. The molecule has 1 aromatic carbocycles. The number of amides is 1. The van der Waals surface area contributed by atoms with Crippen LogP contribution in [0.1, 0.15) is 46.0 Å². The highest BCUT2D eigenvalue weighted by Crippen LogP contribution is 2.22. The van der Waals surface area contributed by atoms with Crippen molar-refractivity contribution in [2.75, 3.05) is 32.8 Å². The Morgan fingerprint density at radius 3 is 2.36 bits per heavy atom. The first-order chi connectivity index (χ1) is 13.4. The molecule has 1 aliphatic heterocycles. The van der Waals surface area contributed by atoms with Crippen LogP contribution >= 0.6 is 0 Å². The summed E-state index contributed by atoms with van der Waals surface area (Å²) in [6.45, 7) is 6.11. The molecule has 0 aromatic heterocycles. The molecule has 7 nitrogen and oxygen atoms in total. The fourth-order valence-electron chi connectivity index (χ4n) is 2.96. The van der Waals surface area contributed by atoms with Gasteiger partial charge in [0.2, 0.25) is 10.0 Å². The molecule has 1 amide bonds. The summed E-state index contributed by atoms with van der Waals surface area (Å²) in [5.41, 5.74) is 0. The first-order valence-electron chi connectivity index (χ1n) is 10.0. The van der Waals surface area contributed by atoms with E-state index in [1.165, 1.54) is 12.1 Å². The molecule has 1 aromatic rings. The Bertz CT molecular complexity index is 696. The molecule has 1 aliphatic rings. The van der Waals surface area contributed by atoms with Crippen LogP contribution in [0.2, 0.25) is 0 Å². The third kappa shape index (κ3) is 7.41. The molecule has 1 N–H and O–H groups in total. The smallest absolute Gasteiger partial charge is 0.257 e. The number of ether oxygens (including phenoxy) is 2. The minimum atomic E-state index is -3.47. The molecule has 0 unspecified atom stereocenters. The highest BCUT2D eigenvalue weighted by atomic mass is 32.2. The molecule has 1 fully saturated rings. The Labute approximate surface area is 168 Å². The maximum atomic E-state index is 12.7. The largest absolute Gasteiger partial charge is 0.484 e. The number of hydrogen-bond acceptors (Lipinski definition) is 5. The number of hydrogen-bond donors (Lipinski definition) is 1. The number of nitrogens with one attached hydrogen (secondary N) is 1. The summed E-state index contributed by atoms with van der Waals surface area (Å²) in [5.74, 6) is 0.249. The third-order valence-corrected chi connectivity index (χ3v) is 6.40. The Kier molecular flexibility index (Phi) is 9.21. The molecule has 8 heteroatoms. The SMILES string of the molecule is CC(C)OCCCNC(=O)COc1ccc(S(=O)(=O)N2CCCCCC2)cc1. The molecule has 1 heterocycles.